The van der Waals surface area contributed by atoms with Crippen LogP contribution in [-0.2, 0) is 0 Å². The number of imidazole rings is 1. The Morgan fingerprint density at radius 3 is 2.58 bits per heavy atom. The van der Waals surface area contributed by atoms with Crippen LogP contribution < -0.4 is 4.74 Å². The minimum Gasteiger partial charge on any atom is -0.494 e. The highest BCUT2D eigenvalue weighted by molar-refractivity contribution is 5.85. The van der Waals surface area contributed by atoms with Gasteiger partial charge in [0, 0.05) is 17.8 Å². The van der Waals surface area contributed by atoms with E-state index in [0.29, 0.717) is 33.9 Å². The van der Waals surface area contributed by atoms with Gasteiger partial charge < -0.3 is 4.74 Å². The number of methoxy groups -OCH3 is 1. The number of benzene rings is 1. The van der Waals surface area contributed by atoms with Gasteiger partial charge in [-0.3, -0.25) is 9.50 Å². The molecule has 0 spiro atoms. The Kier molecular flexibility index (Phi) is 3.02. The number of aromatic nitrogens is 6. The molecule has 122 valence electrons. The van der Waals surface area contributed by atoms with Crippen molar-refractivity contribution in [3.63, 3.8) is 0 Å². The van der Waals surface area contributed by atoms with Crippen molar-refractivity contribution in [2.24, 2.45) is 0 Å². The molecule has 1 aromatic carbocycles. The van der Waals surface area contributed by atoms with Gasteiger partial charge in [-0.2, -0.15) is 5.10 Å². The van der Waals surface area contributed by atoms with Crippen molar-refractivity contribution in [1.82, 2.24) is 29.8 Å². The number of ether oxygens (including phenoxy) is 1. The quantitative estimate of drug-likeness (QED) is 0.612. The molecular formula is C16H15FN6O. The average molecular weight is 326 g/mol. The van der Waals surface area contributed by atoms with Crippen molar-refractivity contribution in [2.45, 2.75) is 20.8 Å². The maximum Gasteiger partial charge on any atom is 0.183 e. The summed E-state index contributed by atoms with van der Waals surface area (Å²) in [6, 6.07) is 2.70. The summed E-state index contributed by atoms with van der Waals surface area (Å²) < 4.78 is 21.1. The summed E-state index contributed by atoms with van der Waals surface area (Å²) in [7, 11) is 1.48. The molecule has 3 aromatic heterocycles. The number of aromatic amines is 1. The Morgan fingerprint density at radius 1 is 1.12 bits per heavy atom. The monoisotopic (exact) mass is 326 g/mol. The van der Waals surface area contributed by atoms with E-state index in [1.807, 2.05) is 20.8 Å². The molecule has 4 rings (SSSR count). The van der Waals surface area contributed by atoms with Crippen LogP contribution in [0.25, 0.3) is 28.1 Å². The minimum atomic E-state index is -0.411. The number of fused-ring (bicyclic) bond motifs is 3. The summed E-state index contributed by atoms with van der Waals surface area (Å²) in [5.74, 6) is 0.572. The first-order valence-corrected chi connectivity index (χ1v) is 7.42. The zero-order valence-electron chi connectivity index (χ0n) is 13.7. The van der Waals surface area contributed by atoms with Crippen molar-refractivity contribution in [3.05, 3.63) is 35.0 Å². The maximum atomic E-state index is 14.1. The molecule has 8 heteroatoms. The van der Waals surface area contributed by atoms with Gasteiger partial charge in [0.1, 0.15) is 11.6 Å². The average Bonchev–Trinajstić information content (AvgIpc) is 3.06. The fraction of sp³-hybridized carbons (Fsp3) is 0.250. The van der Waals surface area contributed by atoms with Crippen LogP contribution in [0.4, 0.5) is 4.39 Å². The molecular weight excluding hydrogens is 311 g/mol. The molecule has 0 unspecified atom stereocenters. The second-order valence-corrected chi connectivity index (χ2v) is 5.66. The van der Waals surface area contributed by atoms with Crippen molar-refractivity contribution in [2.75, 3.05) is 7.11 Å². The van der Waals surface area contributed by atoms with Crippen LogP contribution in [0.15, 0.2) is 12.1 Å². The Labute approximate surface area is 136 Å². The lowest BCUT2D eigenvalue weighted by atomic mass is 10.2. The summed E-state index contributed by atoms with van der Waals surface area (Å²) in [5.41, 5.74) is 4.88. The van der Waals surface area contributed by atoms with Crippen LogP contribution in [0.5, 0.6) is 5.75 Å². The van der Waals surface area contributed by atoms with E-state index in [0.717, 1.165) is 17.0 Å². The molecule has 24 heavy (non-hydrogen) atoms. The van der Waals surface area contributed by atoms with Crippen LogP contribution in [0.3, 0.4) is 0 Å². The zero-order chi connectivity index (χ0) is 17.0. The van der Waals surface area contributed by atoms with Gasteiger partial charge in [-0.1, -0.05) is 0 Å². The van der Waals surface area contributed by atoms with Gasteiger partial charge in [-0.25, -0.2) is 9.37 Å². The highest BCUT2D eigenvalue weighted by Gasteiger charge is 2.21. The number of nitrogens with one attached hydrogen (secondary N) is 1. The molecule has 0 radical (unpaired) electrons. The van der Waals surface area contributed by atoms with Crippen molar-refractivity contribution >= 4 is 16.7 Å². The van der Waals surface area contributed by atoms with Crippen LogP contribution in [0, 0.1) is 26.6 Å². The Bertz CT molecular complexity index is 1080. The second-order valence-electron chi connectivity index (χ2n) is 5.66. The standard InChI is InChI=1S/C16H15FN6O/c1-7-13(8(2)20-19-7)16-18-9(3)15-22-21-14-11(23(15)16)5-10(17)6-12(14)24-4/h5-6H,1-4H3,(H,19,20). The Balaban J connectivity index is 2.22. The van der Waals surface area contributed by atoms with Gasteiger partial charge in [0.2, 0.25) is 0 Å². The molecule has 4 aromatic rings. The number of hydrogen-bond donors (Lipinski definition) is 1. The first-order valence-electron chi connectivity index (χ1n) is 7.42. The molecule has 0 fully saturated rings. The van der Waals surface area contributed by atoms with E-state index in [2.05, 4.69) is 25.4 Å². The lowest BCUT2D eigenvalue weighted by Crippen LogP contribution is -2.00. The van der Waals surface area contributed by atoms with E-state index in [9.17, 15) is 4.39 Å². The molecule has 0 bridgehead atoms. The molecule has 0 saturated heterocycles. The highest BCUT2D eigenvalue weighted by atomic mass is 19.1. The topological polar surface area (TPSA) is 81.0 Å². The van der Waals surface area contributed by atoms with Crippen molar-refractivity contribution in [1.29, 1.82) is 0 Å². The Morgan fingerprint density at radius 2 is 1.92 bits per heavy atom. The molecule has 0 aliphatic heterocycles. The van der Waals surface area contributed by atoms with Crippen LogP contribution in [-0.4, -0.2) is 36.9 Å². The van der Waals surface area contributed by atoms with E-state index in [1.54, 1.807) is 4.40 Å². The predicted octanol–water partition coefficient (Wildman–Crippen LogP) is 2.74. The van der Waals surface area contributed by atoms with Crippen LogP contribution in [0.2, 0.25) is 0 Å². The molecule has 0 aliphatic rings. The first kappa shape index (κ1) is 14.6. The van der Waals surface area contributed by atoms with Gasteiger partial charge >= 0.3 is 0 Å². The summed E-state index contributed by atoms with van der Waals surface area (Å²) in [6.07, 6.45) is 0. The fourth-order valence-corrected chi connectivity index (χ4v) is 3.00. The lowest BCUT2D eigenvalue weighted by molar-refractivity contribution is 0.415. The normalized spacial score (nSPS) is 11.5. The fourth-order valence-electron chi connectivity index (χ4n) is 3.00. The summed E-state index contributed by atoms with van der Waals surface area (Å²) in [6.45, 7) is 5.66. The van der Waals surface area contributed by atoms with E-state index in [-0.39, 0.29) is 0 Å². The van der Waals surface area contributed by atoms with Gasteiger partial charge in [0.25, 0.3) is 0 Å². The van der Waals surface area contributed by atoms with E-state index in [4.69, 9.17) is 4.74 Å². The third-order valence-corrected chi connectivity index (χ3v) is 4.10. The van der Waals surface area contributed by atoms with Crippen molar-refractivity contribution in [3.8, 4) is 17.1 Å². The van der Waals surface area contributed by atoms with Gasteiger partial charge in [-0.15, -0.1) is 10.2 Å². The Hall–Kier alpha value is -3.03. The summed E-state index contributed by atoms with van der Waals surface area (Å²) in [5, 5.41) is 15.6. The molecule has 3 heterocycles. The highest BCUT2D eigenvalue weighted by Crippen LogP contribution is 2.31. The number of hydrogen-bond acceptors (Lipinski definition) is 5. The minimum absolute atomic E-state index is 0.331. The lowest BCUT2D eigenvalue weighted by Gasteiger charge is -2.08. The van der Waals surface area contributed by atoms with E-state index >= 15 is 0 Å². The molecule has 0 amide bonds. The summed E-state index contributed by atoms with van der Waals surface area (Å²) in [4.78, 5) is 4.63. The number of rotatable bonds is 2. The molecule has 7 nitrogen and oxygen atoms in total. The largest absolute Gasteiger partial charge is 0.494 e. The molecule has 1 N–H and O–H groups in total. The molecule has 0 aliphatic carbocycles. The number of nitrogens with zero attached hydrogens (tertiary/aromatic N) is 5. The van der Waals surface area contributed by atoms with Gasteiger partial charge in [0.05, 0.1) is 29.6 Å². The molecule has 0 atom stereocenters. The van der Waals surface area contributed by atoms with Crippen LogP contribution in [0.1, 0.15) is 17.1 Å². The van der Waals surface area contributed by atoms with E-state index < -0.39 is 5.82 Å². The third-order valence-electron chi connectivity index (χ3n) is 4.10. The van der Waals surface area contributed by atoms with Crippen LogP contribution >= 0.6 is 0 Å². The summed E-state index contributed by atoms with van der Waals surface area (Å²) >= 11 is 0. The third kappa shape index (κ3) is 1.89. The zero-order valence-corrected chi connectivity index (χ0v) is 13.7. The number of halogens is 1. The first-order chi connectivity index (χ1) is 11.5. The SMILES string of the molecule is COc1cc(F)cc2c1nnc1c(C)nc(-c3c(C)n[nH]c3C)n12. The van der Waals surface area contributed by atoms with Gasteiger partial charge in [-0.05, 0) is 20.8 Å². The maximum absolute atomic E-state index is 14.1. The second kappa shape index (κ2) is 4.98. The van der Waals surface area contributed by atoms with E-state index in [1.165, 1.54) is 19.2 Å². The smallest absolute Gasteiger partial charge is 0.183 e. The molecule has 0 saturated carbocycles. The van der Waals surface area contributed by atoms with Crippen molar-refractivity contribution < 1.29 is 9.13 Å². The number of H-pyrrole nitrogens is 1. The van der Waals surface area contributed by atoms with Gasteiger partial charge in [0.15, 0.2) is 16.9 Å². The predicted molar refractivity (Wildman–Crippen MR) is 86.6 cm³/mol. The number of aryl methyl sites for hydroxylation is 3.